The van der Waals surface area contributed by atoms with Crippen LogP contribution in [0.5, 0.6) is 5.75 Å². The second-order valence-electron chi connectivity index (χ2n) is 3.79. The van der Waals surface area contributed by atoms with Crippen LogP contribution in [-0.4, -0.2) is 4.92 Å². The minimum absolute atomic E-state index is 0.106. The molecule has 6 heteroatoms. The molecular formula is C13H9ClINO3. The minimum atomic E-state index is -0.503. The number of halogens is 2. The zero-order chi connectivity index (χ0) is 13.8. The van der Waals surface area contributed by atoms with Gasteiger partial charge in [0.05, 0.1) is 4.92 Å². The average molecular weight is 390 g/mol. The van der Waals surface area contributed by atoms with Gasteiger partial charge in [-0.15, -0.1) is 0 Å². The summed E-state index contributed by atoms with van der Waals surface area (Å²) in [6.07, 6.45) is 0. The van der Waals surface area contributed by atoms with E-state index >= 15 is 0 Å². The van der Waals surface area contributed by atoms with Gasteiger partial charge in [0.15, 0.2) is 0 Å². The van der Waals surface area contributed by atoms with E-state index < -0.39 is 4.92 Å². The first-order chi connectivity index (χ1) is 9.06. The van der Waals surface area contributed by atoms with Gasteiger partial charge in [0.2, 0.25) is 0 Å². The lowest BCUT2D eigenvalue weighted by atomic mass is 10.2. The first-order valence-corrected chi connectivity index (χ1v) is 6.83. The maximum atomic E-state index is 10.8. The van der Waals surface area contributed by atoms with Crippen LogP contribution in [0.1, 0.15) is 5.56 Å². The molecule has 0 N–H and O–H groups in total. The maximum absolute atomic E-state index is 10.8. The van der Waals surface area contributed by atoms with E-state index in [4.69, 9.17) is 16.3 Å². The fourth-order valence-electron chi connectivity index (χ4n) is 1.49. The molecule has 98 valence electrons. The Morgan fingerprint density at radius 2 is 1.89 bits per heavy atom. The molecule has 0 aliphatic rings. The van der Waals surface area contributed by atoms with Crippen molar-refractivity contribution in [1.82, 2.24) is 0 Å². The quantitative estimate of drug-likeness (QED) is 0.441. The molecule has 0 saturated heterocycles. The van der Waals surface area contributed by atoms with E-state index in [0.717, 1.165) is 9.32 Å². The van der Waals surface area contributed by atoms with E-state index in [-0.39, 0.29) is 17.3 Å². The number of benzene rings is 2. The number of nitro groups is 1. The molecule has 4 nitrogen and oxygen atoms in total. The molecule has 0 aliphatic carbocycles. The lowest BCUT2D eigenvalue weighted by Gasteiger charge is -2.06. The molecule has 0 unspecified atom stereocenters. The normalized spacial score (nSPS) is 10.2. The topological polar surface area (TPSA) is 52.4 Å². The highest BCUT2D eigenvalue weighted by molar-refractivity contribution is 14.1. The van der Waals surface area contributed by atoms with Crippen LogP contribution < -0.4 is 4.74 Å². The van der Waals surface area contributed by atoms with E-state index in [1.165, 1.54) is 12.1 Å². The van der Waals surface area contributed by atoms with Crippen LogP contribution in [0.3, 0.4) is 0 Å². The van der Waals surface area contributed by atoms with Crippen LogP contribution in [0, 0.1) is 13.7 Å². The Morgan fingerprint density at radius 3 is 2.53 bits per heavy atom. The lowest BCUT2D eigenvalue weighted by Crippen LogP contribution is -1.97. The van der Waals surface area contributed by atoms with E-state index in [9.17, 15) is 10.1 Å². The van der Waals surface area contributed by atoms with Crippen LogP contribution in [0.25, 0.3) is 0 Å². The monoisotopic (exact) mass is 389 g/mol. The van der Waals surface area contributed by atoms with E-state index in [0.29, 0.717) is 5.56 Å². The van der Waals surface area contributed by atoms with Gasteiger partial charge in [-0.05, 0) is 58.5 Å². The molecule has 0 spiro atoms. The minimum Gasteiger partial charge on any atom is -0.489 e. The Hall–Kier alpha value is -1.34. The predicted octanol–water partition coefficient (Wildman–Crippen LogP) is 4.43. The molecule has 2 aromatic carbocycles. The zero-order valence-electron chi connectivity index (χ0n) is 9.68. The van der Waals surface area contributed by atoms with Gasteiger partial charge >= 0.3 is 0 Å². The second-order valence-corrected chi connectivity index (χ2v) is 5.44. The molecule has 2 aromatic rings. The third kappa shape index (κ3) is 3.81. The number of nitro benzene ring substituents is 1. The van der Waals surface area contributed by atoms with Crippen molar-refractivity contribution in [3.63, 3.8) is 0 Å². The molecule has 0 aliphatic heterocycles. The molecule has 2 rings (SSSR count). The Kier molecular flexibility index (Phi) is 4.60. The zero-order valence-corrected chi connectivity index (χ0v) is 12.6. The molecule has 0 amide bonds. The first kappa shape index (κ1) is 14.1. The standard InChI is InChI=1S/C13H9ClINO3/c14-12-6-1-9(7-13(12)16(17)18)8-19-11-4-2-10(15)3-5-11/h1-7H,8H2. The molecule has 19 heavy (non-hydrogen) atoms. The van der Waals surface area contributed by atoms with Gasteiger partial charge in [-0.25, -0.2) is 0 Å². The summed E-state index contributed by atoms with van der Waals surface area (Å²) < 4.78 is 6.67. The van der Waals surface area contributed by atoms with Gasteiger partial charge in [-0.1, -0.05) is 17.7 Å². The number of hydrogen-bond acceptors (Lipinski definition) is 3. The Morgan fingerprint density at radius 1 is 1.21 bits per heavy atom. The maximum Gasteiger partial charge on any atom is 0.288 e. The molecule has 0 saturated carbocycles. The number of rotatable bonds is 4. The lowest BCUT2D eigenvalue weighted by molar-refractivity contribution is -0.384. The highest BCUT2D eigenvalue weighted by Gasteiger charge is 2.12. The van der Waals surface area contributed by atoms with Crippen molar-refractivity contribution in [3.8, 4) is 5.75 Å². The van der Waals surface area contributed by atoms with Gasteiger partial charge < -0.3 is 4.74 Å². The highest BCUT2D eigenvalue weighted by atomic mass is 127. The van der Waals surface area contributed by atoms with Crippen LogP contribution >= 0.6 is 34.2 Å². The Bertz CT molecular complexity index is 601. The summed E-state index contributed by atoms with van der Waals surface area (Å²) in [7, 11) is 0. The summed E-state index contributed by atoms with van der Waals surface area (Å²) in [6.45, 7) is 0.263. The fourth-order valence-corrected chi connectivity index (χ4v) is 2.03. The highest BCUT2D eigenvalue weighted by Crippen LogP contribution is 2.25. The van der Waals surface area contributed by atoms with Crippen molar-refractivity contribution in [2.45, 2.75) is 6.61 Å². The molecule has 0 aromatic heterocycles. The Balaban J connectivity index is 2.09. The summed E-state index contributed by atoms with van der Waals surface area (Å²) in [5.74, 6) is 0.720. The van der Waals surface area contributed by atoms with Crippen LogP contribution in [-0.2, 0) is 6.61 Å². The predicted molar refractivity (Wildman–Crippen MR) is 81.6 cm³/mol. The van der Waals surface area contributed by atoms with Crippen LogP contribution in [0.2, 0.25) is 5.02 Å². The van der Waals surface area contributed by atoms with Gasteiger partial charge in [0, 0.05) is 9.64 Å². The van der Waals surface area contributed by atoms with Gasteiger partial charge in [-0.2, -0.15) is 0 Å². The van der Waals surface area contributed by atoms with E-state index in [1.807, 2.05) is 24.3 Å². The average Bonchev–Trinajstić information content (AvgIpc) is 2.39. The van der Waals surface area contributed by atoms with Crippen LogP contribution in [0.4, 0.5) is 5.69 Å². The molecule has 0 heterocycles. The largest absolute Gasteiger partial charge is 0.489 e. The number of hydrogen-bond donors (Lipinski definition) is 0. The third-order valence-electron chi connectivity index (χ3n) is 2.43. The number of ether oxygens (including phenoxy) is 1. The van der Waals surface area contributed by atoms with Gasteiger partial charge in [-0.3, -0.25) is 10.1 Å². The smallest absolute Gasteiger partial charge is 0.288 e. The van der Waals surface area contributed by atoms with Crippen molar-refractivity contribution in [1.29, 1.82) is 0 Å². The Labute approximate surface area is 128 Å². The van der Waals surface area contributed by atoms with Crippen molar-refractivity contribution in [2.24, 2.45) is 0 Å². The van der Waals surface area contributed by atoms with E-state index in [2.05, 4.69) is 22.6 Å². The SMILES string of the molecule is O=[N+]([O-])c1cc(COc2ccc(I)cc2)ccc1Cl. The van der Waals surface area contributed by atoms with Crippen molar-refractivity contribution < 1.29 is 9.66 Å². The van der Waals surface area contributed by atoms with Crippen molar-refractivity contribution in [3.05, 3.63) is 66.7 Å². The molecular weight excluding hydrogens is 381 g/mol. The summed E-state index contributed by atoms with van der Waals surface area (Å²) in [4.78, 5) is 10.3. The van der Waals surface area contributed by atoms with Crippen molar-refractivity contribution in [2.75, 3.05) is 0 Å². The first-order valence-electron chi connectivity index (χ1n) is 5.37. The second kappa shape index (κ2) is 6.21. The van der Waals surface area contributed by atoms with Crippen molar-refractivity contribution >= 4 is 39.9 Å². The van der Waals surface area contributed by atoms with E-state index in [1.54, 1.807) is 6.07 Å². The number of nitrogens with zero attached hydrogens (tertiary/aromatic N) is 1. The van der Waals surface area contributed by atoms with Gasteiger partial charge in [0.25, 0.3) is 5.69 Å². The molecule has 0 fully saturated rings. The molecule has 0 atom stereocenters. The summed E-state index contributed by atoms with van der Waals surface area (Å²) >= 11 is 7.95. The summed E-state index contributed by atoms with van der Waals surface area (Å²) in [6, 6.07) is 12.2. The van der Waals surface area contributed by atoms with Crippen LogP contribution in [0.15, 0.2) is 42.5 Å². The third-order valence-corrected chi connectivity index (χ3v) is 3.47. The summed E-state index contributed by atoms with van der Waals surface area (Å²) in [5.41, 5.74) is 0.597. The fraction of sp³-hybridized carbons (Fsp3) is 0.0769. The van der Waals surface area contributed by atoms with Gasteiger partial charge in [0.1, 0.15) is 17.4 Å². The summed E-state index contributed by atoms with van der Waals surface area (Å²) in [5, 5.41) is 10.9. The molecule has 0 bridgehead atoms. The molecule has 0 radical (unpaired) electrons.